The lowest BCUT2D eigenvalue weighted by molar-refractivity contribution is 0.627. The number of rotatable bonds is 6. The predicted molar refractivity (Wildman–Crippen MR) is 95.9 cm³/mol. The standard InChI is InChI=1S/C17H24BrN3/c1-4-5-6-9-21(12(2)3)16-8-7-15(19)14-10-13(18)11-20-17(14)16/h7-8,10-12H,4-6,9,19H2,1-3H3. The summed E-state index contributed by atoms with van der Waals surface area (Å²) >= 11 is 3.48. The van der Waals surface area contributed by atoms with Gasteiger partial charge in [-0.15, -0.1) is 0 Å². The topological polar surface area (TPSA) is 42.1 Å². The number of nitrogen functional groups attached to an aromatic ring is 1. The number of benzene rings is 1. The van der Waals surface area contributed by atoms with Crippen molar-refractivity contribution in [3.63, 3.8) is 0 Å². The van der Waals surface area contributed by atoms with E-state index in [2.05, 4.69) is 52.7 Å². The molecule has 21 heavy (non-hydrogen) atoms. The zero-order valence-electron chi connectivity index (χ0n) is 13.1. The molecule has 2 aromatic rings. The summed E-state index contributed by atoms with van der Waals surface area (Å²) in [6.07, 6.45) is 5.54. The minimum atomic E-state index is 0.444. The maximum atomic E-state index is 6.11. The van der Waals surface area contributed by atoms with E-state index < -0.39 is 0 Å². The molecule has 0 amide bonds. The average Bonchev–Trinajstić information content (AvgIpc) is 2.45. The van der Waals surface area contributed by atoms with Gasteiger partial charge in [-0.2, -0.15) is 0 Å². The summed E-state index contributed by atoms with van der Waals surface area (Å²) in [5.74, 6) is 0. The Morgan fingerprint density at radius 1 is 1.29 bits per heavy atom. The summed E-state index contributed by atoms with van der Waals surface area (Å²) < 4.78 is 0.959. The predicted octanol–water partition coefficient (Wildman–Crippen LogP) is 4.98. The van der Waals surface area contributed by atoms with Crippen LogP contribution in [0.2, 0.25) is 0 Å². The first-order valence-corrected chi connectivity index (χ1v) is 8.44. The highest BCUT2D eigenvalue weighted by Crippen LogP contribution is 2.32. The van der Waals surface area contributed by atoms with Crippen LogP contribution in [0.5, 0.6) is 0 Å². The molecule has 1 aromatic carbocycles. The van der Waals surface area contributed by atoms with E-state index in [0.717, 1.165) is 27.6 Å². The third kappa shape index (κ3) is 3.67. The normalized spacial score (nSPS) is 11.3. The second-order valence-corrected chi connectivity index (χ2v) is 6.63. The van der Waals surface area contributed by atoms with Crippen molar-refractivity contribution in [1.82, 2.24) is 4.98 Å². The van der Waals surface area contributed by atoms with E-state index in [1.165, 1.54) is 24.9 Å². The first-order chi connectivity index (χ1) is 10.0. The van der Waals surface area contributed by atoms with Crippen molar-refractivity contribution < 1.29 is 0 Å². The Morgan fingerprint density at radius 2 is 2.05 bits per heavy atom. The lowest BCUT2D eigenvalue weighted by Gasteiger charge is -2.30. The Kier molecular flexibility index (Phi) is 5.45. The fraction of sp³-hybridized carbons (Fsp3) is 0.471. The van der Waals surface area contributed by atoms with Crippen LogP contribution in [-0.4, -0.2) is 17.6 Å². The zero-order valence-corrected chi connectivity index (χ0v) is 14.7. The van der Waals surface area contributed by atoms with Crippen molar-refractivity contribution in [1.29, 1.82) is 0 Å². The van der Waals surface area contributed by atoms with Gasteiger partial charge in [-0.25, -0.2) is 0 Å². The van der Waals surface area contributed by atoms with E-state index in [0.29, 0.717) is 6.04 Å². The van der Waals surface area contributed by atoms with Crippen LogP contribution in [0.15, 0.2) is 28.9 Å². The third-order valence-corrected chi connectivity index (χ3v) is 4.20. The molecule has 0 aliphatic rings. The molecule has 3 nitrogen and oxygen atoms in total. The molecule has 0 spiro atoms. The van der Waals surface area contributed by atoms with Crippen LogP contribution in [0.4, 0.5) is 11.4 Å². The van der Waals surface area contributed by atoms with E-state index in [1.807, 2.05) is 18.3 Å². The van der Waals surface area contributed by atoms with E-state index >= 15 is 0 Å². The Balaban J connectivity index is 2.45. The van der Waals surface area contributed by atoms with Crippen molar-refractivity contribution in [3.05, 3.63) is 28.9 Å². The van der Waals surface area contributed by atoms with Gasteiger partial charge < -0.3 is 10.6 Å². The molecular weight excluding hydrogens is 326 g/mol. The van der Waals surface area contributed by atoms with E-state index in [-0.39, 0.29) is 0 Å². The molecule has 114 valence electrons. The van der Waals surface area contributed by atoms with Crippen LogP contribution in [0, 0.1) is 0 Å². The van der Waals surface area contributed by atoms with E-state index in [4.69, 9.17) is 5.73 Å². The van der Waals surface area contributed by atoms with Gasteiger partial charge in [-0.05, 0) is 54.4 Å². The molecule has 0 atom stereocenters. The molecule has 1 aromatic heterocycles. The molecule has 0 aliphatic heterocycles. The van der Waals surface area contributed by atoms with Gasteiger partial charge in [-0.3, -0.25) is 4.98 Å². The summed E-state index contributed by atoms with van der Waals surface area (Å²) in [5, 5.41) is 1.02. The van der Waals surface area contributed by atoms with Gasteiger partial charge in [0.05, 0.1) is 11.2 Å². The number of pyridine rings is 1. The van der Waals surface area contributed by atoms with Gasteiger partial charge in [0.15, 0.2) is 0 Å². The first kappa shape index (κ1) is 16.1. The Morgan fingerprint density at radius 3 is 2.71 bits per heavy atom. The molecule has 2 N–H and O–H groups in total. The fourth-order valence-corrected chi connectivity index (χ4v) is 2.95. The fourth-order valence-electron chi connectivity index (χ4n) is 2.62. The van der Waals surface area contributed by atoms with Gasteiger partial charge in [0.25, 0.3) is 0 Å². The molecular formula is C17H24BrN3. The number of unbranched alkanes of at least 4 members (excludes halogenated alkanes) is 2. The number of aromatic nitrogens is 1. The van der Waals surface area contributed by atoms with Crippen LogP contribution in [-0.2, 0) is 0 Å². The smallest absolute Gasteiger partial charge is 0.0956 e. The van der Waals surface area contributed by atoms with Gasteiger partial charge >= 0.3 is 0 Å². The minimum Gasteiger partial charge on any atom is -0.398 e. The van der Waals surface area contributed by atoms with Crippen molar-refractivity contribution >= 4 is 38.2 Å². The Bertz CT molecular complexity index is 610. The van der Waals surface area contributed by atoms with Gasteiger partial charge in [0.1, 0.15) is 0 Å². The van der Waals surface area contributed by atoms with Gasteiger partial charge in [0, 0.05) is 34.3 Å². The van der Waals surface area contributed by atoms with Crippen molar-refractivity contribution in [2.24, 2.45) is 0 Å². The van der Waals surface area contributed by atoms with Gasteiger partial charge in [0.2, 0.25) is 0 Å². The van der Waals surface area contributed by atoms with Gasteiger partial charge in [-0.1, -0.05) is 19.8 Å². The quantitative estimate of drug-likeness (QED) is 0.590. The molecule has 0 radical (unpaired) electrons. The maximum absolute atomic E-state index is 6.11. The number of hydrogen-bond donors (Lipinski definition) is 1. The van der Waals surface area contributed by atoms with Crippen LogP contribution in [0.1, 0.15) is 40.0 Å². The summed E-state index contributed by atoms with van der Waals surface area (Å²) in [4.78, 5) is 7.03. The summed E-state index contributed by atoms with van der Waals surface area (Å²) in [5.41, 5.74) is 9.06. The molecule has 0 fully saturated rings. The highest BCUT2D eigenvalue weighted by atomic mass is 79.9. The summed E-state index contributed by atoms with van der Waals surface area (Å²) in [7, 11) is 0. The van der Waals surface area contributed by atoms with Crippen LogP contribution in [0.25, 0.3) is 10.9 Å². The van der Waals surface area contributed by atoms with Crippen molar-refractivity contribution in [3.8, 4) is 0 Å². The second kappa shape index (κ2) is 7.12. The van der Waals surface area contributed by atoms with E-state index in [1.54, 1.807) is 0 Å². The number of nitrogens with zero attached hydrogens (tertiary/aromatic N) is 2. The lowest BCUT2D eigenvalue weighted by atomic mass is 10.1. The molecule has 0 unspecified atom stereocenters. The second-order valence-electron chi connectivity index (χ2n) is 5.72. The molecule has 4 heteroatoms. The molecule has 0 saturated carbocycles. The highest BCUT2D eigenvalue weighted by Gasteiger charge is 2.15. The van der Waals surface area contributed by atoms with Crippen LogP contribution >= 0.6 is 15.9 Å². The molecule has 0 saturated heterocycles. The zero-order chi connectivity index (χ0) is 15.4. The largest absolute Gasteiger partial charge is 0.398 e. The third-order valence-electron chi connectivity index (χ3n) is 3.76. The lowest BCUT2D eigenvalue weighted by Crippen LogP contribution is -2.32. The number of halogens is 1. The SMILES string of the molecule is CCCCCN(c1ccc(N)c2cc(Br)cnc12)C(C)C. The molecule has 2 rings (SSSR count). The maximum Gasteiger partial charge on any atom is 0.0956 e. The molecule has 1 heterocycles. The summed E-state index contributed by atoms with van der Waals surface area (Å²) in [6, 6.07) is 6.58. The Labute approximate surface area is 135 Å². The molecule has 0 bridgehead atoms. The Hall–Kier alpha value is -1.29. The van der Waals surface area contributed by atoms with Crippen molar-refractivity contribution in [2.75, 3.05) is 17.2 Å². The van der Waals surface area contributed by atoms with Crippen LogP contribution in [0.3, 0.4) is 0 Å². The first-order valence-electron chi connectivity index (χ1n) is 7.65. The summed E-state index contributed by atoms with van der Waals surface area (Å²) in [6.45, 7) is 7.75. The van der Waals surface area contributed by atoms with E-state index in [9.17, 15) is 0 Å². The number of nitrogens with two attached hydrogens (primary N) is 1. The molecule has 0 aliphatic carbocycles. The number of hydrogen-bond acceptors (Lipinski definition) is 3. The average molecular weight is 350 g/mol. The minimum absolute atomic E-state index is 0.444. The van der Waals surface area contributed by atoms with Crippen LogP contribution < -0.4 is 10.6 Å². The number of anilines is 2. The number of fused-ring (bicyclic) bond motifs is 1. The monoisotopic (exact) mass is 349 g/mol. The highest BCUT2D eigenvalue weighted by molar-refractivity contribution is 9.10. The van der Waals surface area contributed by atoms with Crippen molar-refractivity contribution in [2.45, 2.75) is 46.1 Å².